The fourth-order valence-corrected chi connectivity index (χ4v) is 4.11. The molecule has 0 aliphatic heterocycles. The average molecular weight is 365 g/mol. The monoisotopic (exact) mass is 364 g/mol. The summed E-state index contributed by atoms with van der Waals surface area (Å²) in [6.45, 7) is 3.59. The highest BCUT2D eigenvalue weighted by Crippen LogP contribution is 2.26. The average Bonchev–Trinajstić information content (AvgIpc) is 2.37. The molecule has 112 valence electrons. The Balaban J connectivity index is 3.09. The van der Waals surface area contributed by atoms with Gasteiger partial charge in [0, 0.05) is 11.6 Å². The molecule has 0 radical (unpaired) electrons. The third kappa shape index (κ3) is 4.29. The minimum absolute atomic E-state index is 0.00990. The highest BCUT2D eigenvalue weighted by molar-refractivity contribution is 9.10. The molecular formula is C13H17BrO5S. The van der Waals surface area contributed by atoms with E-state index in [1.54, 1.807) is 13.8 Å². The molecule has 0 bridgehead atoms. The number of carboxylic acid groups (broad SMARTS) is 1. The number of aromatic carboxylic acids is 1. The van der Waals surface area contributed by atoms with Crippen molar-refractivity contribution < 1.29 is 23.1 Å². The molecule has 1 aromatic rings. The molecule has 7 heteroatoms. The van der Waals surface area contributed by atoms with Gasteiger partial charge in [-0.1, -0.05) is 0 Å². The molecule has 0 spiro atoms. The van der Waals surface area contributed by atoms with E-state index < -0.39 is 21.4 Å². The van der Waals surface area contributed by atoms with Crippen LogP contribution >= 0.6 is 15.9 Å². The summed E-state index contributed by atoms with van der Waals surface area (Å²) in [5.74, 6) is -1.28. The van der Waals surface area contributed by atoms with E-state index in [1.165, 1.54) is 25.3 Å². The van der Waals surface area contributed by atoms with Gasteiger partial charge < -0.3 is 9.84 Å². The zero-order valence-electron chi connectivity index (χ0n) is 11.5. The van der Waals surface area contributed by atoms with Gasteiger partial charge in [-0.3, -0.25) is 0 Å². The van der Waals surface area contributed by atoms with Gasteiger partial charge in [-0.15, -0.1) is 0 Å². The molecule has 0 aliphatic rings. The predicted molar refractivity (Wildman–Crippen MR) is 78.9 cm³/mol. The van der Waals surface area contributed by atoms with E-state index in [9.17, 15) is 13.2 Å². The third-order valence-corrected chi connectivity index (χ3v) is 5.74. The van der Waals surface area contributed by atoms with Gasteiger partial charge in [0.1, 0.15) is 0 Å². The van der Waals surface area contributed by atoms with Crippen LogP contribution in [0.15, 0.2) is 27.6 Å². The van der Waals surface area contributed by atoms with Crippen LogP contribution in [-0.2, 0) is 14.6 Å². The van der Waals surface area contributed by atoms with Crippen LogP contribution in [-0.4, -0.2) is 38.0 Å². The number of hydrogen-bond donors (Lipinski definition) is 1. The fourth-order valence-electron chi connectivity index (χ4n) is 1.47. The number of ether oxygens (including phenoxy) is 1. The lowest BCUT2D eigenvalue weighted by Crippen LogP contribution is -2.26. The van der Waals surface area contributed by atoms with Crippen molar-refractivity contribution in [1.82, 2.24) is 0 Å². The van der Waals surface area contributed by atoms with E-state index in [0.29, 0.717) is 10.9 Å². The van der Waals surface area contributed by atoms with Gasteiger partial charge in [0.25, 0.3) is 0 Å². The van der Waals surface area contributed by atoms with Gasteiger partial charge in [-0.2, -0.15) is 0 Å². The topological polar surface area (TPSA) is 80.7 Å². The lowest BCUT2D eigenvalue weighted by atomic mass is 10.1. The molecule has 0 saturated heterocycles. The van der Waals surface area contributed by atoms with Crippen molar-refractivity contribution >= 4 is 31.7 Å². The van der Waals surface area contributed by atoms with Crippen molar-refractivity contribution in [2.24, 2.45) is 0 Å². The molecule has 0 aromatic heterocycles. The first-order chi connectivity index (χ1) is 9.09. The van der Waals surface area contributed by atoms with E-state index in [1.807, 2.05) is 0 Å². The van der Waals surface area contributed by atoms with E-state index in [-0.39, 0.29) is 16.2 Å². The second kappa shape index (κ2) is 6.24. The number of sulfone groups is 1. The molecule has 0 amide bonds. The summed E-state index contributed by atoms with van der Waals surface area (Å²) >= 11 is 3.15. The molecule has 0 unspecified atom stereocenters. The van der Waals surface area contributed by atoms with Crippen LogP contribution < -0.4 is 0 Å². The van der Waals surface area contributed by atoms with Gasteiger partial charge in [0.2, 0.25) is 0 Å². The highest BCUT2D eigenvalue weighted by Gasteiger charge is 2.25. The molecule has 0 saturated carbocycles. The molecule has 1 aromatic carbocycles. The smallest absolute Gasteiger partial charge is 0.335 e. The van der Waals surface area contributed by atoms with Crippen molar-refractivity contribution in [1.29, 1.82) is 0 Å². The molecule has 5 nitrogen and oxygen atoms in total. The van der Waals surface area contributed by atoms with Crippen molar-refractivity contribution in [3.05, 3.63) is 28.2 Å². The largest absolute Gasteiger partial charge is 0.478 e. The maximum atomic E-state index is 12.3. The standard InChI is InChI=1S/C13H17BrO5S/c1-13(2,19-3)6-7-20(17,18)11-8-9(12(15)16)4-5-10(11)14/h4-5,8H,6-7H2,1-3H3,(H,15,16). The maximum absolute atomic E-state index is 12.3. The van der Waals surface area contributed by atoms with Crippen molar-refractivity contribution in [2.45, 2.75) is 30.8 Å². The van der Waals surface area contributed by atoms with E-state index in [2.05, 4.69) is 15.9 Å². The molecule has 0 fully saturated rings. The second-order valence-electron chi connectivity index (χ2n) is 4.98. The minimum Gasteiger partial charge on any atom is -0.478 e. The second-order valence-corrected chi connectivity index (χ2v) is 7.91. The van der Waals surface area contributed by atoms with Crippen LogP contribution in [0.1, 0.15) is 30.6 Å². The summed E-state index contributed by atoms with van der Waals surface area (Å²) in [7, 11) is -2.06. The molecule has 0 heterocycles. The summed E-state index contributed by atoms with van der Waals surface area (Å²) in [5, 5.41) is 8.93. The lowest BCUT2D eigenvalue weighted by Gasteiger charge is -2.22. The van der Waals surface area contributed by atoms with Crippen LogP contribution in [0, 0.1) is 0 Å². The Kier molecular flexibility index (Phi) is 5.34. The van der Waals surface area contributed by atoms with Crippen molar-refractivity contribution in [2.75, 3.05) is 12.9 Å². The summed E-state index contributed by atoms with van der Waals surface area (Å²) in [6.07, 6.45) is 0.315. The Labute approximate surface area is 127 Å². The van der Waals surface area contributed by atoms with Gasteiger partial charge in [0.05, 0.1) is 21.8 Å². The number of benzene rings is 1. The SMILES string of the molecule is COC(C)(C)CCS(=O)(=O)c1cc(C(=O)O)ccc1Br. The molecule has 20 heavy (non-hydrogen) atoms. The van der Waals surface area contributed by atoms with Gasteiger partial charge >= 0.3 is 5.97 Å². The molecule has 1 rings (SSSR count). The van der Waals surface area contributed by atoms with Crippen LogP contribution in [0.5, 0.6) is 0 Å². The highest BCUT2D eigenvalue weighted by atomic mass is 79.9. The van der Waals surface area contributed by atoms with E-state index in [4.69, 9.17) is 9.84 Å². The summed E-state index contributed by atoms with van der Waals surface area (Å²) in [5.41, 5.74) is -0.609. The zero-order chi connectivity index (χ0) is 15.6. The molecule has 1 N–H and O–H groups in total. The van der Waals surface area contributed by atoms with Crippen LogP contribution in [0.2, 0.25) is 0 Å². The zero-order valence-corrected chi connectivity index (χ0v) is 13.9. The fraction of sp³-hybridized carbons (Fsp3) is 0.462. The molecule has 0 aliphatic carbocycles. The minimum atomic E-state index is -3.58. The number of rotatable bonds is 6. The number of carbonyl (C=O) groups is 1. The van der Waals surface area contributed by atoms with Gasteiger partial charge in [-0.25, -0.2) is 13.2 Å². The number of carboxylic acids is 1. The lowest BCUT2D eigenvalue weighted by molar-refractivity contribution is 0.0203. The predicted octanol–water partition coefficient (Wildman–Crippen LogP) is 2.74. The van der Waals surface area contributed by atoms with E-state index >= 15 is 0 Å². The third-order valence-electron chi connectivity index (χ3n) is 3.04. The Morgan fingerprint density at radius 1 is 1.40 bits per heavy atom. The molecule has 0 atom stereocenters. The summed E-state index contributed by atoms with van der Waals surface area (Å²) in [6, 6.07) is 3.95. The Bertz CT molecular complexity index is 607. The quantitative estimate of drug-likeness (QED) is 0.839. The summed E-state index contributed by atoms with van der Waals surface area (Å²) < 4.78 is 30.2. The van der Waals surface area contributed by atoms with Crippen LogP contribution in [0.25, 0.3) is 0 Å². The number of hydrogen-bond acceptors (Lipinski definition) is 4. The normalized spacial score (nSPS) is 12.4. The molecular weight excluding hydrogens is 348 g/mol. The van der Waals surface area contributed by atoms with Gasteiger partial charge in [-0.05, 0) is 54.4 Å². The van der Waals surface area contributed by atoms with Crippen molar-refractivity contribution in [3.63, 3.8) is 0 Å². The maximum Gasteiger partial charge on any atom is 0.335 e. The first-order valence-electron chi connectivity index (χ1n) is 5.90. The Morgan fingerprint density at radius 2 is 2.00 bits per heavy atom. The Hall–Kier alpha value is -0.920. The van der Waals surface area contributed by atoms with Gasteiger partial charge in [0.15, 0.2) is 9.84 Å². The van der Waals surface area contributed by atoms with Crippen LogP contribution in [0.4, 0.5) is 0 Å². The number of methoxy groups -OCH3 is 1. The van der Waals surface area contributed by atoms with Crippen LogP contribution in [0.3, 0.4) is 0 Å². The Morgan fingerprint density at radius 3 is 2.50 bits per heavy atom. The number of halogens is 1. The van der Waals surface area contributed by atoms with Crippen molar-refractivity contribution in [3.8, 4) is 0 Å². The summed E-state index contributed by atoms with van der Waals surface area (Å²) in [4.78, 5) is 10.9. The first-order valence-corrected chi connectivity index (χ1v) is 8.34. The first kappa shape index (κ1) is 17.1. The van der Waals surface area contributed by atoms with E-state index in [0.717, 1.165) is 0 Å².